The van der Waals surface area contributed by atoms with Crippen molar-refractivity contribution in [3.8, 4) is 0 Å². The van der Waals surface area contributed by atoms with E-state index < -0.39 is 0 Å². The van der Waals surface area contributed by atoms with E-state index in [9.17, 15) is 4.39 Å². The summed E-state index contributed by atoms with van der Waals surface area (Å²) in [5.41, 5.74) is 8.66. The summed E-state index contributed by atoms with van der Waals surface area (Å²) < 4.78 is 13.3. The van der Waals surface area contributed by atoms with E-state index in [1.807, 2.05) is 25.1 Å². The minimum atomic E-state index is -0.236. The van der Waals surface area contributed by atoms with Crippen LogP contribution >= 0.6 is 0 Å². The van der Waals surface area contributed by atoms with Gasteiger partial charge in [-0.05, 0) is 42.3 Å². The quantitative estimate of drug-likeness (QED) is 0.880. The zero-order chi connectivity index (χ0) is 12.3. The molecule has 0 saturated heterocycles. The molecule has 1 atom stereocenters. The fourth-order valence-electron chi connectivity index (χ4n) is 1.87. The van der Waals surface area contributed by atoms with Crippen molar-refractivity contribution >= 4 is 0 Å². The molecule has 0 aliphatic heterocycles. The van der Waals surface area contributed by atoms with Gasteiger partial charge in [0.25, 0.3) is 0 Å². The van der Waals surface area contributed by atoms with E-state index >= 15 is 0 Å². The zero-order valence-electron chi connectivity index (χ0n) is 9.73. The lowest BCUT2D eigenvalue weighted by molar-refractivity contribution is 0.623. The van der Waals surface area contributed by atoms with Gasteiger partial charge >= 0.3 is 0 Å². The second-order valence-corrected chi connectivity index (χ2v) is 4.13. The van der Waals surface area contributed by atoms with E-state index in [-0.39, 0.29) is 11.9 Å². The second kappa shape index (κ2) is 5.06. The van der Waals surface area contributed by atoms with Crippen LogP contribution in [0.25, 0.3) is 0 Å². The summed E-state index contributed by atoms with van der Waals surface area (Å²) >= 11 is 0. The predicted molar refractivity (Wildman–Crippen MR) is 66.0 cm³/mol. The van der Waals surface area contributed by atoms with Crippen LogP contribution in [0, 0.1) is 5.82 Å². The summed E-state index contributed by atoms with van der Waals surface area (Å²) in [6, 6.07) is 10.3. The van der Waals surface area contributed by atoms with E-state index in [0.717, 1.165) is 16.8 Å². The number of nitrogens with two attached hydrogens (primary N) is 1. The Balaban J connectivity index is 2.34. The van der Waals surface area contributed by atoms with E-state index in [4.69, 9.17) is 5.73 Å². The first kappa shape index (κ1) is 11.7. The molecule has 0 saturated carbocycles. The highest BCUT2D eigenvalue weighted by molar-refractivity contribution is 5.33. The summed E-state index contributed by atoms with van der Waals surface area (Å²) in [6.45, 7) is 1.90. The molecule has 2 nitrogen and oxygen atoms in total. The molecule has 88 valence electrons. The van der Waals surface area contributed by atoms with Gasteiger partial charge in [0.05, 0.1) is 0 Å². The number of pyridine rings is 1. The van der Waals surface area contributed by atoms with Crippen LogP contribution in [0.15, 0.2) is 42.6 Å². The molecule has 17 heavy (non-hydrogen) atoms. The maximum atomic E-state index is 13.3. The first-order valence-electron chi connectivity index (χ1n) is 5.60. The molecule has 0 aliphatic carbocycles. The Hall–Kier alpha value is -1.74. The molecular formula is C14H15FN2. The largest absolute Gasteiger partial charge is 0.324 e. The van der Waals surface area contributed by atoms with Crippen molar-refractivity contribution in [3.05, 3.63) is 65.2 Å². The van der Waals surface area contributed by atoms with Gasteiger partial charge in [-0.1, -0.05) is 12.1 Å². The fraction of sp³-hybridized carbons (Fsp3) is 0.214. The standard InChI is InChI=1S/C14H15FN2/c1-10(16)14-6-5-12(15)8-11(14)9-13-4-2-3-7-17-13/h2-8,10H,9,16H2,1H3. The molecule has 2 aromatic rings. The lowest BCUT2D eigenvalue weighted by Gasteiger charge is -2.12. The molecule has 1 aromatic carbocycles. The van der Waals surface area contributed by atoms with E-state index in [1.165, 1.54) is 12.1 Å². The van der Waals surface area contributed by atoms with Gasteiger partial charge in [-0.3, -0.25) is 4.98 Å². The Labute approximate surface area is 100 Å². The number of nitrogens with zero attached hydrogens (tertiary/aromatic N) is 1. The zero-order valence-corrected chi connectivity index (χ0v) is 9.73. The predicted octanol–water partition coefficient (Wildman–Crippen LogP) is 2.83. The van der Waals surface area contributed by atoms with Crippen LogP contribution in [-0.4, -0.2) is 4.98 Å². The summed E-state index contributed by atoms with van der Waals surface area (Å²) in [5, 5.41) is 0. The molecule has 1 aromatic heterocycles. The van der Waals surface area contributed by atoms with Gasteiger partial charge in [0.15, 0.2) is 0 Å². The van der Waals surface area contributed by atoms with Crippen LogP contribution in [0.3, 0.4) is 0 Å². The average Bonchev–Trinajstić information content (AvgIpc) is 2.30. The highest BCUT2D eigenvalue weighted by Crippen LogP contribution is 2.19. The first-order chi connectivity index (χ1) is 8.16. The maximum Gasteiger partial charge on any atom is 0.123 e. The Morgan fingerprint density at radius 2 is 2.12 bits per heavy atom. The van der Waals surface area contributed by atoms with E-state index in [1.54, 1.807) is 12.3 Å². The van der Waals surface area contributed by atoms with Crippen LogP contribution < -0.4 is 5.73 Å². The molecular weight excluding hydrogens is 215 g/mol. The molecule has 1 unspecified atom stereocenters. The number of hydrogen-bond donors (Lipinski definition) is 1. The van der Waals surface area contributed by atoms with Crippen molar-refractivity contribution in [3.63, 3.8) is 0 Å². The van der Waals surface area contributed by atoms with Crippen LogP contribution in [0.1, 0.15) is 29.8 Å². The molecule has 0 amide bonds. The maximum absolute atomic E-state index is 13.3. The van der Waals surface area contributed by atoms with Gasteiger partial charge in [0.1, 0.15) is 5.82 Å². The van der Waals surface area contributed by atoms with Crippen LogP contribution in [-0.2, 0) is 6.42 Å². The smallest absolute Gasteiger partial charge is 0.123 e. The molecule has 0 spiro atoms. The van der Waals surface area contributed by atoms with Gasteiger partial charge in [0, 0.05) is 24.4 Å². The average molecular weight is 230 g/mol. The fourth-order valence-corrected chi connectivity index (χ4v) is 1.87. The third-order valence-corrected chi connectivity index (χ3v) is 2.69. The topological polar surface area (TPSA) is 38.9 Å². The third-order valence-electron chi connectivity index (χ3n) is 2.69. The van der Waals surface area contributed by atoms with Crippen molar-refractivity contribution in [2.45, 2.75) is 19.4 Å². The number of halogens is 1. The Morgan fingerprint density at radius 1 is 1.29 bits per heavy atom. The number of hydrogen-bond acceptors (Lipinski definition) is 2. The van der Waals surface area contributed by atoms with Crippen molar-refractivity contribution in [2.75, 3.05) is 0 Å². The molecule has 0 aliphatic rings. The Morgan fingerprint density at radius 3 is 2.76 bits per heavy atom. The molecule has 0 bridgehead atoms. The number of aromatic nitrogens is 1. The highest BCUT2D eigenvalue weighted by Gasteiger charge is 2.09. The molecule has 2 rings (SSSR count). The number of benzene rings is 1. The minimum absolute atomic E-state index is 0.102. The molecule has 1 heterocycles. The Kier molecular flexibility index (Phi) is 3.49. The summed E-state index contributed by atoms with van der Waals surface area (Å²) in [5.74, 6) is -0.236. The third kappa shape index (κ3) is 2.88. The number of rotatable bonds is 3. The summed E-state index contributed by atoms with van der Waals surface area (Å²) in [6.07, 6.45) is 2.34. The monoisotopic (exact) mass is 230 g/mol. The normalized spacial score (nSPS) is 12.4. The first-order valence-corrected chi connectivity index (χ1v) is 5.60. The highest BCUT2D eigenvalue weighted by atomic mass is 19.1. The lowest BCUT2D eigenvalue weighted by atomic mass is 9.98. The Bertz CT molecular complexity index is 495. The van der Waals surface area contributed by atoms with Crippen LogP contribution in [0.5, 0.6) is 0 Å². The van der Waals surface area contributed by atoms with E-state index in [0.29, 0.717) is 6.42 Å². The molecule has 0 fully saturated rings. The van der Waals surface area contributed by atoms with Crippen LogP contribution in [0.2, 0.25) is 0 Å². The minimum Gasteiger partial charge on any atom is -0.324 e. The molecule has 3 heteroatoms. The van der Waals surface area contributed by atoms with Crippen molar-refractivity contribution in [2.24, 2.45) is 5.73 Å². The van der Waals surface area contributed by atoms with Crippen LogP contribution in [0.4, 0.5) is 4.39 Å². The van der Waals surface area contributed by atoms with Crippen molar-refractivity contribution in [1.82, 2.24) is 4.98 Å². The molecule has 2 N–H and O–H groups in total. The van der Waals surface area contributed by atoms with Gasteiger partial charge in [-0.25, -0.2) is 4.39 Å². The molecule has 0 radical (unpaired) electrons. The van der Waals surface area contributed by atoms with Crippen molar-refractivity contribution in [1.29, 1.82) is 0 Å². The lowest BCUT2D eigenvalue weighted by Crippen LogP contribution is -2.09. The van der Waals surface area contributed by atoms with Gasteiger partial charge in [-0.2, -0.15) is 0 Å². The van der Waals surface area contributed by atoms with Gasteiger partial charge in [-0.15, -0.1) is 0 Å². The van der Waals surface area contributed by atoms with E-state index in [2.05, 4.69) is 4.98 Å². The van der Waals surface area contributed by atoms with Gasteiger partial charge < -0.3 is 5.73 Å². The summed E-state index contributed by atoms with van der Waals surface area (Å²) in [4.78, 5) is 4.24. The second-order valence-electron chi connectivity index (χ2n) is 4.13. The SMILES string of the molecule is CC(N)c1ccc(F)cc1Cc1ccccn1. The summed E-state index contributed by atoms with van der Waals surface area (Å²) in [7, 11) is 0. The van der Waals surface area contributed by atoms with Crippen molar-refractivity contribution < 1.29 is 4.39 Å². The van der Waals surface area contributed by atoms with Gasteiger partial charge in [0.2, 0.25) is 0 Å².